The zero-order valence-corrected chi connectivity index (χ0v) is 20.7. The van der Waals surface area contributed by atoms with E-state index in [9.17, 15) is 18.0 Å². The van der Waals surface area contributed by atoms with Crippen LogP contribution in [0, 0.1) is 17.6 Å². The van der Waals surface area contributed by atoms with Gasteiger partial charge in [0.1, 0.15) is 11.6 Å². The predicted octanol–water partition coefficient (Wildman–Crippen LogP) is 6.05. The molecule has 0 unspecified atom stereocenters. The number of nitrogens with one attached hydrogen (secondary N) is 1. The molecular formula is C27H22BrF3N4O. The van der Waals surface area contributed by atoms with E-state index in [0.29, 0.717) is 37.2 Å². The number of aromatic nitrogens is 2. The molecule has 3 heterocycles. The van der Waals surface area contributed by atoms with Crippen LogP contribution in [0.4, 0.5) is 18.0 Å². The Hall–Kier alpha value is -3.43. The van der Waals surface area contributed by atoms with Crippen LogP contribution >= 0.6 is 15.9 Å². The summed E-state index contributed by atoms with van der Waals surface area (Å²) in [6.07, 6.45) is 5.53. The smallest absolute Gasteiger partial charge is 0.326 e. The molecule has 36 heavy (non-hydrogen) atoms. The lowest BCUT2D eigenvalue weighted by molar-refractivity contribution is 0.240. The molecule has 0 saturated heterocycles. The lowest BCUT2D eigenvalue weighted by Gasteiger charge is -2.27. The minimum atomic E-state index is -0.604. The lowest BCUT2D eigenvalue weighted by Crippen LogP contribution is -2.34. The Kier molecular flexibility index (Phi) is 6.93. The highest BCUT2D eigenvalue weighted by Crippen LogP contribution is 2.32. The van der Waals surface area contributed by atoms with Crippen LogP contribution in [0.3, 0.4) is 0 Å². The molecule has 0 spiro atoms. The molecular weight excluding hydrogens is 533 g/mol. The molecule has 2 aromatic carbocycles. The number of pyridine rings is 1. The van der Waals surface area contributed by atoms with Gasteiger partial charge in [0.25, 0.3) is 0 Å². The first kappa shape index (κ1) is 24.3. The summed E-state index contributed by atoms with van der Waals surface area (Å²) in [5.74, 6) is -1.79. The Balaban J connectivity index is 1.37. The Morgan fingerprint density at radius 3 is 2.78 bits per heavy atom. The third kappa shape index (κ3) is 5.08. The molecule has 1 aliphatic heterocycles. The van der Waals surface area contributed by atoms with Crippen LogP contribution in [0.25, 0.3) is 17.0 Å². The van der Waals surface area contributed by atoms with Crippen molar-refractivity contribution in [3.05, 3.63) is 105 Å². The number of halogens is 4. The van der Waals surface area contributed by atoms with Crippen molar-refractivity contribution in [1.29, 1.82) is 0 Å². The monoisotopic (exact) mass is 554 g/mol. The molecule has 0 bridgehead atoms. The van der Waals surface area contributed by atoms with Crippen molar-refractivity contribution < 1.29 is 18.0 Å². The summed E-state index contributed by atoms with van der Waals surface area (Å²) in [6, 6.07) is 12.1. The molecule has 1 aliphatic rings. The number of carbonyl (C=O) groups excluding carboxylic acids is 1. The summed E-state index contributed by atoms with van der Waals surface area (Å²) < 4.78 is 43.0. The minimum Gasteiger partial charge on any atom is -0.333 e. The number of rotatable bonds is 5. The number of fused-ring (bicyclic) bond motifs is 3. The fourth-order valence-electron chi connectivity index (χ4n) is 4.55. The van der Waals surface area contributed by atoms with Crippen LogP contribution in [-0.2, 0) is 19.5 Å². The summed E-state index contributed by atoms with van der Waals surface area (Å²) in [7, 11) is 0. The highest BCUT2D eigenvalue weighted by atomic mass is 79.9. The van der Waals surface area contributed by atoms with Crippen molar-refractivity contribution in [2.45, 2.75) is 19.5 Å². The first-order valence-corrected chi connectivity index (χ1v) is 12.2. The van der Waals surface area contributed by atoms with E-state index in [4.69, 9.17) is 0 Å². The van der Waals surface area contributed by atoms with Crippen LogP contribution in [0.15, 0.2) is 65.3 Å². The second-order valence-corrected chi connectivity index (χ2v) is 9.54. The van der Waals surface area contributed by atoms with Gasteiger partial charge >= 0.3 is 6.03 Å². The van der Waals surface area contributed by atoms with E-state index >= 15 is 0 Å². The second-order valence-electron chi connectivity index (χ2n) is 8.62. The molecule has 5 rings (SSSR count). The third-order valence-corrected chi connectivity index (χ3v) is 6.75. The van der Waals surface area contributed by atoms with Gasteiger partial charge in [0.2, 0.25) is 5.95 Å². The van der Waals surface area contributed by atoms with E-state index in [-0.39, 0.29) is 12.6 Å². The maximum absolute atomic E-state index is 13.9. The van der Waals surface area contributed by atoms with E-state index in [0.717, 1.165) is 32.7 Å². The summed E-state index contributed by atoms with van der Waals surface area (Å²) >= 11 is 3.50. The fourth-order valence-corrected chi connectivity index (χ4v) is 4.90. The van der Waals surface area contributed by atoms with Gasteiger partial charge in [-0.25, -0.2) is 18.6 Å². The molecule has 0 saturated carbocycles. The molecule has 0 radical (unpaired) electrons. The Bertz CT molecular complexity index is 1480. The van der Waals surface area contributed by atoms with Gasteiger partial charge in [-0.2, -0.15) is 4.39 Å². The van der Waals surface area contributed by atoms with Crippen molar-refractivity contribution in [2.24, 2.45) is 0 Å². The first-order valence-electron chi connectivity index (χ1n) is 11.4. The lowest BCUT2D eigenvalue weighted by atomic mass is 10.0. The molecule has 5 nitrogen and oxygen atoms in total. The molecule has 1 N–H and O–H groups in total. The Morgan fingerprint density at radius 2 is 1.97 bits per heavy atom. The average molecular weight is 555 g/mol. The van der Waals surface area contributed by atoms with Gasteiger partial charge in [0.15, 0.2) is 0 Å². The topological polar surface area (TPSA) is 50.2 Å². The number of nitrogens with zero attached hydrogens (tertiary/aromatic N) is 3. The van der Waals surface area contributed by atoms with Gasteiger partial charge < -0.3 is 5.32 Å². The number of benzene rings is 2. The predicted molar refractivity (Wildman–Crippen MR) is 136 cm³/mol. The van der Waals surface area contributed by atoms with E-state index in [1.54, 1.807) is 16.7 Å². The average Bonchev–Trinajstić information content (AvgIpc) is 3.16. The number of hydrogen-bond donors (Lipinski definition) is 1. The van der Waals surface area contributed by atoms with Gasteiger partial charge in [0, 0.05) is 66.0 Å². The van der Waals surface area contributed by atoms with Crippen molar-refractivity contribution >= 4 is 38.9 Å². The second kappa shape index (κ2) is 10.3. The summed E-state index contributed by atoms with van der Waals surface area (Å²) in [5, 5.41) is 3.87. The normalized spacial score (nSPS) is 13.9. The molecule has 0 aliphatic carbocycles. The number of hydrogen-bond acceptors (Lipinski definition) is 3. The highest BCUT2D eigenvalue weighted by Gasteiger charge is 2.26. The Labute approximate surface area is 214 Å². The van der Waals surface area contributed by atoms with Crippen molar-refractivity contribution in [3.63, 3.8) is 0 Å². The third-order valence-electron chi connectivity index (χ3n) is 6.25. The van der Waals surface area contributed by atoms with Crippen molar-refractivity contribution in [3.8, 4) is 0 Å². The van der Waals surface area contributed by atoms with Gasteiger partial charge in [-0.05, 0) is 47.5 Å². The van der Waals surface area contributed by atoms with E-state index in [1.165, 1.54) is 24.4 Å². The quantitative estimate of drug-likeness (QED) is 0.306. The van der Waals surface area contributed by atoms with E-state index < -0.39 is 17.6 Å². The molecule has 4 aromatic rings. The summed E-state index contributed by atoms with van der Waals surface area (Å²) in [6.45, 7) is 2.10. The van der Waals surface area contributed by atoms with Gasteiger partial charge in [0.05, 0.1) is 5.52 Å². The maximum Gasteiger partial charge on any atom is 0.326 e. The summed E-state index contributed by atoms with van der Waals surface area (Å²) in [4.78, 5) is 19.0. The summed E-state index contributed by atoms with van der Waals surface area (Å²) in [5.41, 5.74) is 3.75. The molecule has 184 valence electrons. The van der Waals surface area contributed by atoms with E-state index in [1.807, 2.05) is 24.3 Å². The van der Waals surface area contributed by atoms with E-state index in [2.05, 4.69) is 31.1 Å². The maximum atomic E-state index is 13.9. The molecule has 0 atom stereocenters. The zero-order chi connectivity index (χ0) is 25.2. The fraction of sp³-hybridized carbons (Fsp3) is 0.185. The minimum absolute atomic E-state index is 0.178. The molecule has 2 aromatic heterocycles. The van der Waals surface area contributed by atoms with Crippen LogP contribution in [0.5, 0.6) is 0 Å². The SMILES string of the molecule is O=C(NCc1ccnc(F)c1)n1c2c(c3ccc(Br)cc31)CN(CC=Cc1ccc(F)cc1F)CC2. The Morgan fingerprint density at radius 1 is 1.11 bits per heavy atom. The van der Waals surface area contributed by atoms with Crippen LogP contribution in [0.1, 0.15) is 22.4 Å². The zero-order valence-electron chi connectivity index (χ0n) is 19.1. The van der Waals surface area contributed by atoms with Gasteiger partial charge in [-0.1, -0.05) is 34.1 Å². The van der Waals surface area contributed by atoms with Crippen LogP contribution in [0.2, 0.25) is 0 Å². The van der Waals surface area contributed by atoms with Gasteiger partial charge in [-0.15, -0.1) is 0 Å². The highest BCUT2D eigenvalue weighted by molar-refractivity contribution is 9.10. The molecule has 0 fully saturated rings. The number of carbonyl (C=O) groups is 1. The molecule has 9 heteroatoms. The first-order chi connectivity index (χ1) is 17.4. The van der Waals surface area contributed by atoms with Crippen LogP contribution < -0.4 is 5.32 Å². The standard InChI is InChI=1S/C27H22BrF3N4O/c28-19-4-6-21-22-16-34(10-1-2-18-3-5-20(29)14-23(18)30)11-8-24(22)35(25(21)13-19)27(36)33-15-17-7-9-32-26(31)12-17/h1-7,9,12-14H,8,10-11,15-16H2,(H,33,36). The van der Waals surface area contributed by atoms with Gasteiger partial charge in [-0.3, -0.25) is 9.47 Å². The van der Waals surface area contributed by atoms with Crippen molar-refractivity contribution in [2.75, 3.05) is 13.1 Å². The number of amides is 1. The molecule has 1 amide bonds. The van der Waals surface area contributed by atoms with Crippen molar-refractivity contribution in [1.82, 2.24) is 19.8 Å². The van der Waals surface area contributed by atoms with Crippen LogP contribution in [-0.4, -0.2) is 33.6 Å². The largest absolute Gasteiger partial charge is 0.333 e.